The van der Waals surface area contributed by atoms with Crippen LogP contribution in [-0.2, 0) is 4.74 Å². The molecule has 2 rings (SSSR count). The molecular weight excluding hydrogens is 278 g/mol. The van der Waals surface area contributed by atoms with Crippen LogP contribution < -0.4 is 10.6 Å². The topological polar surface area (TPSA) is 53.6 Å². The van der Waals surface area contributed by atoms with E-state index < -0.39 is 0 Å². The molecule has 1 saturated heterocycles. The van der Waals surface area contributed by atoms with Crippen LogP contribution in [0.2, 0.25) is 0 Å². The molecule has 0 aliphatic carbocycles. The van der Waals surface area contributed by atoms with Crippen molar-refractivity contribution in [2.24, 2.45) is 5.92 Å². The molecule has 1 aliphatic rings. The van der Waals surface area contributed by atoms with Crippen LogP contribution in [0.4, 0.5) is 5.69 Å². The van der Waals surface area contributed by atoms with Gasteiger partial charge in [0, 0.05) is 37.3 Å². The molecule has 1 heterocycles. The second kappa shape index (κ2) is 8.15. The average Bonchev–Trinajstić information content (AvgIpc) is 2.69. The molecule has 1 aromatic carbocycles. The van der Waals surface area contributed by atoms with Crippen LogP contribution in [-0.4, -0.2) is 56.7 Å². The van der Waals surface area contributed by atoms with Crippen molar-refractivity contribution in [1.29, 1.82) is 0 Å². The molecule has 1 aliphatic heterocycles. The quantitative estimate of drug-likeness (QED) is 0.871. The molecule has 0 aromatic heterocycles. The van der Waals surface area contributed by atoms with Gasteiger partial charge in [0.05, 0.1) is 18.8 Å². The molecule has 0 radical (unpaired) electrons. The molecule has 1 unspecified atom stereocenters. The SMILES string of the molecule is CC(C)Nc1ccccc1C(=O)NCC1COCCN(C)C1. The fourth-order valence-electron chi connectivity index (χ4n) is 2.63. The maximum absolute atomic E-state index is 12.5. The zero-order valence-electron chi connectivity index (χ0n) is 13.8. The average molecular weight is 305 g/mol. The van der Waals surface area contributed by atoms with Crippen LogP contribution in [0.3, 0.4) is 0 Å². The Morgan fingerprint density at radius 1 is 1.41 bits per heavy atom. The molecule has 0 bridgehead atoms. The van der Waals surface area contributed by atoms with Crippen molar-refractivity contribution in [2.45, 2.75) is 19.9 Å². The zero-order chi connectivity index (χ0) is 15.9. The van der Waals surface area contributed by atoms with E-state index >= 15 is 0 Å². The summed E-state index contributed by atoms with van der Waals surface area (Å²) in [5.41, 5.74) is 1.57. The highest BCUT2D eigenvalue weighted by atomic mass is 16.5. The summed E-state index contributed by atoms with van der Waals surface area (Å²) in [4.78, 5) is 14.7. The second-order valence-corrected chi connectivity index (χ2v) is 6.26. The smallest absolute Gasteiger partial charge is 0.253 e. The summed E-state index contributed by atoms with van der Waals surface area (Å²) in [5.74, 6) is 0.303. The number of anilines is 1. The van der Waals surface area contributed by atoms with Gasteiger partial charge in [-0.25, -0.2) is 0 Å². The van der Waals surface area contributed by atoms with Crippen molar-refractivity contribution in [3.05, 3.63) is 29.8 Å². The predicted molar refractivity (Wildman–Crippen MR) is 89.3 cm³/mol. The Kier molecular flexibility index (Phi) is 6.21. The first-order chi connectivity index (χ1) is 10.6. The van der Waals surface area contributed by atoms with Crippen molar-refractivity contribution < 1.29 is 9.53 Å². The number of carbonyl (C=O) groups is 1. The van der Waals surface area contributed by atoms with Crippen LogP contribution in [0, 0.1) is 5.92 Å². The van der Waals surface area contributed by atoms with Gasteiger partial charge >= 0.3 is 0 Å². The molecule has 2 N–H and O–H groups in total. The summed E-state index contributed by atoms with van der Waals surface area (Å²) in [7, 11) is 2.09. The summed E-state index contributed by atoms with van der Waals surface area (Å²) in [6.07, 6.45) is 0. The third kappa shape index (κ3) is 5.00. The van der Waals surface area contributed by atoms with E-state index in [9.17, 15) is 4.79 Å². The first kappa shape index (κ1) is 16.8. The fraction of sp³-hybridized carbons (Fsp3) is 0.588. The van der Waals surface area contributed by atoms with E-state index in [0.717, 1.165) is 25.4 Å². The number of para-hydroxylation sites is 1. The van der Waals surface area contributed by atoms with Crippen molar-refractivity contribution >= 4 is 11.6 Å². The lowest BCUT2D eigenvalue weighted by Gasteiger charge is -2.20. The van der Waals surface area contributed by atoms with E-state index in [1.165, 1.54) is 0 Å². The van der Waals surface area contributed by atoms with Crippen LogP contribution >= 0.6 is 0 Å². The monoisotopic (exact) mass is 305 g/mol. The number of hydrogen-bond acceptors (Lipinski definition) is 4. The van der Waals surface area contributed by atoms with E-state index in [0.29, 0.717) is 24.6 Å². The zero-order valence-corrected chi connectivity index (χ0v) is 13.8. The number of amides is 1. The van der Waals surface area contributed by atoms with Crippen molar-refractivity contribution in [3.8, 4) is 0 Å². The molecule has 5 heteroatoms. The number of carbonyl (C=O) groups excluding carboxylic acids is 1. The van der Waals surface area contributed by atoms with Crippen LogP contribution in [0.1, 0.15) is 24.2 Å². The van der Waals surface area contributed by atoms with E-state index in [2.05, 4.69) is 36.4 Å². The number of ether oxygens (including phenoxy) is 1. The van der Waals surface area contributed by atoms with Crippen LogP contribution in [0.15, 0.2) is 24.3 Å². The van der Waals surface area contributed by atoms with E-state index in [1.54, 1.807) is 0 Å². The number of nitrogens with zero attached hydrogens (tertiary/aromatic N) is 1. The highest BCUT2D eigenvalue weighted by Gasteiger charge is 2.18. The van der Waals surface area contributed by atoms with Crippen LogP contribution in [0.5, 0.6) is 0 Å². The first-order valence-corrected chi connectivity index (χ1v) is 7.96. The minimum Gasteiger partial charge on any atom is -0.382 e. The van der Waals surface area contributed by atoms with Gasteiger partial charge in [-0.05, 0) is 33.0 Å². The van der Waals surface area contributed by atoms with Gasteiger partial charge in [-0.15, -0.1) is 0 Å². The maximum Gasteiger partial charge on any atom is 0.253 e. The molecule has 1 amide bonds. The lowest BCUT2D eigenvalue weighted by atomic mass is 10.1. The second-order valence-electron chi connectivity index (χ2n) is 6.26. The van der Waals surface area contributed by atoms with Gasteiger partial charge in [0.15, 0.2) is 0 Å². The Labute approximate surface area is 133 Å². The molecule has 1 aromatic rings. The molecule has 1 atom stereocenters. The van der Waals surface area contributed by atoms with Crippen molar-refractivity contribution in [3.63, 3.8) is 0 Å². The Morgan fingerprint density at radius 2 is 2.18 bits per heavy atom. The predicted octanol–water partition coefficient (Wildman–Crippen LogP) is 1.81. The van der Waals surface area contributed by atoms with E-state index in [1.807, 2.05) is 24.3 Å². The normalized spacial score (nSPS) is 19.7. The summed E-state index contributed by atoms with van der Waals surface area (Å²) >= 11 is 0. The van der Waals surface area contributed by atoms with Crippen molar-refractivity contribution in [2.75, 3.05) is 45.2 Å². The molecule has 5 nitrogen and oxygen atoms in total. The summed E-state index contributed by atoms with van der Waals surface area (Å²) < 4.78 is 5.59. The summed E-state index contributed by atoms with van der Waals surface area (Å²) in [6, 6.07) is 7.92. The van der Waals surface area contributed by atoms with E-state index in [-0.39, 0.29) is 11.9 Å². The Hall–Kier alpha value is -1.59. The number of hydrogen-bond donors (Lipinski definition) is 2. The van der Waals surface area contributed by atoms with Crippen LogP contribution in [0.25, 0.3) is 0 Å². The molecular formula is C17H27N3O2. The molecule has 1 fully saturated rings. The molecule has 22 heavy (non-hydrogen) atoms. The highest BCUT2D eigenvalue weighted by Crippen LogP contribution is 2.16. The van der Waals surface area contributed by atoms with Gasteiger partial charge < -0.3 is 20.3 Å². The number of nitrogens with one attached hydrogen (secondary N) is 2. The van der Waals surface area contributed by atoms with E-state index in [4.69, 9.17) is 4.74 Å². The lowest BCUT2D eigenvalue weighted by Crippen LogP contribution is -2.36. The summed E-state index contributed by atoms with van der Waals surface area (Å²) in [5, 5.41) is 6.36. The third-order valence-corrected chi connectivity index (χ3v) is 3.71. The van der Waals surface area contributed by atoms with Gasteiger partial charge in [-0.3, -0.25) is 4.79 Å². The molecule has 122 valence electrons. The van der Waals surface area contributed by atoms with Gasteiger partial charge in [-0.2, -0.15) is 0 Å². The number of benzene rings is 1. The Morgan fingerprint density at radius 3 is 2.95 bits per heavy atom. The molecule has 0 saturated carbocycles. The Balaban J connectivity index is 1.94. The number of likely N-dealkylation sites (N-methyl/N-ethyl adjacent to an activating group) is 1. The fourth-order valence-corrected chi connectivity index (χ4v) is 2.63. The number of rotatable bonds is 5. The lowest BCUT2D eigenvalue weighted by molar-refractivity contribution is 0.0922. The minimum absolute atomic E-state index is 0.0318. The van der Waals surface area contributed by atoms with Gasteiger partial charge in [-0.1, -0.05) is 12.1 Å². The highest BCUT2D eigenvalue weighted by molar-refractivity contribution is 5.99. The first-order valence-electron chi connectivity index (χ1n) is 7.96. The largest absolute Gasteiger partial charge is 0.382 e. The van der Waals surface area contributed by atoms with Gasteiger partial charge in [0.2, 0.25) is 0 Å². The maximum atomic E-state index is 12.5. The summed E-state index contributed by atoms with van der Waals surface area (Å²) in [6.45, 7) is 8.14. The standard InChI is InChI=1S/C17H27N3O2/c1-13(2)19-16-7-5-4-6-15(16)17(21)18-10-14-11-20(3)8-9-22-12-14/h4-7,13-14,19H,8-12H2,1-3H3,(H,18,21). The third-order valence-electron chi connectivity index (χ3n) is 3.71. The van der Waals surface area contributed by atoms with Crippen molar-refractivity contribution in [1.82, 2.24) is 10.2 Å². The van der Waals surface area contributed by atoms with Gasteiger partial charge in [0.25, 0.3) is 5.91 Å². The Bertz CT molecular complexity index is 491. The minimum atomic E-state index is -0.0318. The molecule has 0 spiro atoms. The van der Waals surface area contributed by atoms with Gasteiger partial charge in [0.1, 0.15) is 0 Å².